The maximum atomic E-state index is 13.4. The van der Waals surface area contributed by atoms with Gasteiger partial charge in [0.15, 0.2) is 5.13 Å². The lowest BCUT2D eigenvalue weighted by molar-refractivity contribution is -0.132. The van der Waals surface area contributed by atoms with Crippen molar-refractivity contribution in [2.24, 2.45) is 0 Å². The van der Waals surface area contributed by atoms with Crippen molar-refractivity contribution in [3.63, 3.8) is 0 Å². The lowest BCUT2D eigenvalue weighted by Gasteiger charge is -2.23. The average molecular weight is 487 g/mol. The Morgan fingerprint density at radius 3 is 2.46 bits per heavy atom. The van der Waals surface area contributed by atoms with Gasteiger partial charge in [0.2, 0.25) is 0 Å². The van der Waals surface area contributed by atoms with Crippen LogP contribution in [0.5, 0.6) is 11.5 Å². The van der Waals surface area contributed by atoms with E-state index < -0.39 is 17.7 Å². The molecule has 3 aromatic carbocycles. The number of ether oxygens (including phenoxy) is 2. The number of nitrogens with zero attached hydrogens (tertiary/aromatic N) is 2. The molecule has 1 N–H and O–H groups in total. The molecule has 0 radical (unpaired) electrons. The van der Waals surface area contributed by atoms with E-state index >= 15 is 0 Å². The molecule has 0 bridgehead atoms. The molecule has 1 aliphatic heterocycles. The summed E-state index contributed by atoms with van der Waals surface area (Å²) in [5.74, 6) is -0.824. The number of Topliss-reactive ketones (excluding diaryl/α,β-unsaturated/α-hetero) is 1. The maximum Gasteiger partial charge on any atom is 0.301 e. The number of methoxy groups -OCH3 is 2. The van der Waals surface area contributed by atoms with Gasteiger partial charge in [-0.25, -0.2) is 4.98 Å². The molecule has 8 heteroatoms. The van der Waals surface area contributed by atoms with Gasteiger partial charge in [0.05, 0.1) is 41.6 Å². The lowest BCUT2D eigenvalue weighted by Crippen LogP contribution is -2.29. The van der Waals surface area contributed by atoms with Crippen molar-refractivity contribution in [1.82, 2.24) is 4.98 Å². The fraction of sp³-hybridized carbons (Fsp3) is 0.148. The van der Waals surface area contributed by atoms with Crippen LogP contribution in [0.3, 0.4) is 0 Å². The largest absolute Gasteiger partial charge is 0.507 e. The molecule has 7 nitrogen and oxygen atoms in total. The van der Waals surface area contributed by atoms with Gasteiger partial charge in [-0.1, -0.05) is 41.7 Å². The number of rotatable bonds is 5. The minimum Gasteiger partial charge on any atom is -0.507 e. The second kappa shape index (κ2) is 8.88. The van der Waals surface area contributed by atoms with Crippen LogP contribution in [0.15, 0.2) is 72.3 Å². The number of carbonyl (C=O) groups is 2. The zero-order valence-electron chi connectivity index (χ0n) is 19.3. The Morgan fingerprint density at radius 2 is 1.74 bits per heavy atom. The summed E-state index contributed by atoms with van der Waals surface area (Å²) in [6, 6.07) is 18.8. The fourth-order valence-electron chi connectivity index (χ4n) is 4.24. The Kier molecular flexibility index (Phi) is 5.74. The third-order valence-electron chi connectivity index (χ3n) is 5.98. The Hall–Kier alpha value is -4.17. The summed E-state index contributed by atoms with van der Waals surface area (Å²) in [7, 11) is 3.04. The summed E-state index contributed by atoms with van der Waals surface area (Å²) >= 11 is 1.33. The lowest BCUT2D eigenvalue weighted by atomic mass is 9.95. The average Bonchev–Trinajstić information content (AvgIpc) is 3.41. The Bertz CT molecular complexity index is 1490. The van der Waals surface area contributed by atoms with Gasteiger partial charge in [0.1, 0.15) is 17.3 Å². The van der Waals surface area contributed by atoms with Gasteiger partial charge in [0.25, 0.3) is 5.78 Å². The molecule has 1 atom stereocenters. The molecule has 1 aromatic heterocycles. The van der Waals surface area contributed by atoms with Gasteiger partial charge >= 0.3 is 5.91 Å². The Labute approximate surface area is 205 Å². The number of aromatic nitrogens is 1. The molecule has 1 saturated heterocycles. The predicted octanol–water partition coefficient (Wildman–Crippen LogP) is 5.25. The molecule has 1 aliphatic rings. The third-order valence-corrected chi connectivity index (χ3v) is 6.99. The molecule has 5 rings (SSSR count). The molecular weight excluding hydrogens is 464 g/mol. The van der Waals surface area contributed by atoms with Crippen LogP contribution in [-0.4, -0.2) is 36.0 Å². The molecule has 0 spiro atoms. The van der Waals surface area contributed by atoms with E-state index in [4.69, 9.17) is 9.47 Å². The number of amides is 1. The van der Waals surface area contributed by atoms with Crippen LogP contribution in [0, 0.1) is 6.92 Å². The van der Waals surface area contributed by atoms with E-state index in [2.05, 4.69) is 4.98 Å². The van der Waals surface area contributed by atoms with Crippen molar-refractivity contribution in [2.45, 2.75) is 13.0 Å². The second-order valence-electron chi connectivity index (χ2n) is 8.11. The normalized spacial score (nSPS) is 17.2. The molecule has 35 heavy (non-hydrogen) atoms. The first kappa shape index (κ1) is 22.6. The molecule has 1 unspecified atom stereocenters. The molecule has 1 fully saturated rings. The van der Waals surface area contributed by atoms with E-state index in [9.17, 15) is 14.7 Å². The van der Waals surface area contributed by atoms with Gasteiger partial charge in [-0.3, -0.25) is 14.5 Å². The molecule has 176 valence electrons. The first-order chi connectivity index (χ1) is 16.9. The highest BCUT2D eigenvalue weighted by Gasteiger charge is 2.48. The van der Waals surface area contributed by atoms with Crippen molar-refractivity contribution in [3.05, 3.63) is 89.0 Å². The van der Waals surface area contributed by atoms with Crippen LogP contribution < -0.4 is 14.4 Å². The number of carbonyl (C=O) groups excluding carboxylic acids is 2. The maximum absolute atomic E-state index is 13.4. The summed E-state index contributed by atoms with van der Waals surface area (Å²) in [4.78, 5) is 32.8. The standard InChI is InChI=1S/C27H22N2O5S/c1-15-8-13-19-21(14-15)35-27(28-19)29-23(16-9-11-17(33-2)12-10-16)22(25(31)26(29)32)24(30)18-6-4-5-7-20(18)34-3/h4-14,23,30H,1-3H3/b24-22+. The van der Waals surface area contributed by atoms with E-state index in [-0.39, 0.29) is 11.3 Å². The number of benzene rings is 3. The third kappa shape index (κ3) is 3.81. The van der Waals surface area contributed by atoms with Crippen LogP contribution in [0.2, 0.25) is 0 Å². The van der Waals surface area contributed by atoms with Crippen LogP contribution >= 0.6 is 11.3 Å². The zero-order chi connectivity index (χ0) is 24.7. The number of aryl methyl sites for hydroxylation is 1. The minimum absolute atomic E-state index is 0.0277. The van der Waals surface area contributed by atoms with Crippen LogP contribution in [-0.2, 0) is 9.59 Å². The highest BCUT2D eigenvalue weighted by molar-refractivity contribution is 7.22. The van der Waals surface area contributed by atoms with E-state index in [1.165, 1.54) is 23.3 Å². The van der Waals surface area contributed by atoms with E-state index in [0.29, 0.717) is 27.8 Å². The number of aliphatic hydroxyl groups excluding tert-OH is 1. The van der Waals surface area contributed by atoms with Crippen LogP contribution in [0.4, 0.5) is 5.13 Å². The molecule has 1 amide bonds. The number of para-hydroxylation sites is 1. The zero-order valence-corrected chi connectivity index (χ0v) is 20.1. The van der Waals surface area contributed by atoms with Gasteiger partial charge in [-0.2, -0.15) is 0 Å². The molecule has 0 saturated carbocycles. The minimum atomic E-state index is -0.882. The SMILES string of the molecule is COc1ccc(C2/C(=C(\O)c3ccccc3OC)C(=O)C(=O)N2c2nc3ccc(C)cc3s2)cc1. The van der Waals surface area contributed by atoms with Crippen molar-refractivity contribution in [2.75, 3.05) is 19.1 Å². The van der Waals surface area contributed by atoms with Crippen molar-refractivity contribution < 1.29 is 24.2 Å². The Morgan fingerprint density at radius 1 is 1.00 bits per heavy atom. The van der Waals surface area contributed by atoms with Gasteiger partial charge in [0, 0.05) is 0 Å². The summed E-state index contributed by atoms with van der Waals surface area (Å²) < 4.78 is 11.6. The smallest absolute Gasteiger partial charge is 0.301 e. The van der Waals surface area contributed by atoms with Crippen LogP contribution in [0.1, 0.15) is 22.7 Å². The first-order valence-electron chi connectivity index (χ1n) is 10.9. The highest BCUT2D eigenvalue weighted by Crippen LogP contribution is 2.45. The number of aliphatic hydroxyl groups is 1. The molecular formula is C27H22N2O5S. The quantitative estimate of drug-likeness (QED) is 0.236. The van der Waals surface area contributed by atoms with Crippen molar-refractivity contribution >= 4 is 44.1 Å². The summed E-state index contributed by atoms with van der Waals surface area (Å²) in [5.41, 5.74) is 2.73. The second-order valence-corrected chi connectivity index (χ2v) is 9.12. The highest BCUT2D eigenvalue weighted by atomic mass is 32.1. The summed E-state index contributed by atoms with van der Waals surface area (Å²) in [5, 5.41) is 11.7. The van der Waals surface area contributed by atoms with Crippen LogP contribution in [0.25, 0.3) is 16.0 Å². The fourth-order valence-corrected chi connectivity index (χ4v) is 5.33. The number of anilines is 1. The molecule has 4 aromatic rings. The van der Waals surface area contributed by atoms with E-state index in [1.807, 2.05) is 25.1 Å². The molecule has 2 heterocycles. The predicted molar refractivity (Wildman–Crippen MR) is 135 cm³/mol. The summed E-state index contributed by atoms with van der Waals surface area (Å²) in [6.07, 6.45) is 0. The number of thiazole rings is 1. The van der Waals surface area contributed by atoms with Gasteiger partial charge < -0.3 is 14.6 Å². The number of ketones is 1. The topological polar surface area (TPSA) is 89.0 Å². The number of fused-ring (bicyclic) bond motifs is 1. The van der Waals surface area contributed by atoms with Crippen molar-refractivity contribution in [1.29, 1.82) is 0 Å². The van der Waals surface area contributed by atoms with E-state index in [1.54, 1.807) is 55.6 Å². The number of hydrogen-bond donors (Lipinski definition) is 1. The Balaban J connectivity index is 1.74. The van der Waals surface area contributed by atoms with Gasteiger partial charge in [-0.15, -0.1) is 0 Å². The monoisotopic (exact) mass is 486 g/mol. The number of hydrogen-bond acceptors (Lipinski definition) is 7. The van der Waals surface area contributed by atoms with Crippen molar-refractivity contribution in [3.8, 4) is 11.5 Å². The molecule has 0 aliphatic carbocycles. The van der Waals surface area contributed by atoms with E-state index in [0.717, 1.165) is 15.8 Å². The summed E-state index contributed by atoms with van der Waals surface area (Å²) in [6.45, 7) is 1.98. The first-order valence-corrected chi connectivity index (χ1v) is 11.7. The van der Waals surface area contributed by atoms with Gasteiger partial charge in [-0.05, 0) is 54.4 Å².